The third-order valence-electron chi connectivity index (χ3n) is 4.15. The molecule has 2 heteroatoms. The van der Waals surface area contributed by atoms with Crippen LogP contribution in [-0.2, 0) is 13.1 Å². The molecule has 1 heterocycles. The number of nitrogens with zero attached hydrogens (tertiary/aromatic N) is 1. The van der Waals surface area contributed by atoms with E-state index in [-0.39, 0.29) is 0 Å². The number of hydrogen-bond acceptors (Lipinski definition) is 1. The molecule has 18 heavy (non-hydrogen) atoms. The van der Waals surface area contributed by atoms with Gasteiger partial charge in [0.25, 0.3) is 0 Å². The van der Waals surface area contributed by atoms with E-state index in [0.717, 1.165) is 25.0 Å². The molecule has 1 aromatic heterocycles. The molecule has 0 radical (unpaired) electrons. The molecule has 0 aromatic carbocycles. The van der Waals surface area contributed by atoms with E-state index in [2.05, 4.69) is 42.2 Å². The first-order valence-electron chi connectivity index (χ1n) is 7.66. The molecule has 1 N–H and O–H groups in total. The summed E-state index contributed by atoms with van der Waals surface area (Å²) in [5.41, 5.74) is 1.43. The average molecular weight is 248 g/mol. The highest BCUT2D eigenvalue weighted by Gasteiger charge is 2.15. The highest BCUT2D eigenvalue weighted by molar-refractivity contribution is 5.10. The van der Waals surface area contributed by atoms with Gasteiger partial charge in [0, 0.05) is 31.5 Å². The van der Waals surface area contributed by atoms with Gasteiger partial charge < -0.3 is 9.88 Å². The van der Waals surface area contributed by atoms with Crippen molar-refractivity contribution >= 4 is 0 Å². The van der Waals surface area contributed by atoms with Gasteiger partial charge in [-0.05, 0) is 43.2 Å². The molecule has 1 fully saturated rings. The Morgan fingerprint density at radius 2 is 2.17 bits per heavy atom. The Balaban J connectivity index is 1.76. The molecule has 0 aliphatic heterocycles. The molecular formula is C16H28N2. The number of hydrogen-bond donors (Lipinski definition) is 1. The Hall–Kier alpha value is -0.760. The van der Waals surface area contributed by atoms with Gasteiger partial charge in [-0.3, -0.25) is 0 Å². The smallest absolute Gasteiger partial charge is 0.0223 e. The fourth-order valence-electron chi connectivity index (χ4n) is 2.95. The van der Waals surface area contributed by atoms with Gasteiger partial charge in [-0.1, -0.05) is 26.7 Å². The van der Waals surface area contributed by atoms with Crippen LogP contribution < -0.4 is 5.32 Å². The van der Waals surface area contributed by atoms with E-state index in [1.165, 1.54) is 44.1 Å². The molecule has 2 atom stereocenters. The summed E-state index contributed by atoms with van der Waals surface area (Å²) in [7, 11) is 0. The third kappa shape index (κ3) is 4.16. The maximum Gasteiger partial charge on any atom is 0.0223 e. The summed E-state index contributed by atoms with van der Waals surface area (Å²) in [4.78, 5) is 0. The minimum atomic E-state index is 0.740. The molecule has 1 aliphatic carbocycles. The lowest BCUT2D eigenvalue weighted by Gasteiger charge is -2.15. The molecule has 0 spiro atoms. The van der Waals surface area contributed by atoms with Crippen molar-refractivity contribution in [1.82, 2.24) is 9.88 Å². The van der Waals surface area contributed by atoms with Gasteiger partial charge >= 0.3 is 0 Å². The van der Waals surface area contributed by atoms with Gasteiger partial charge in [0.05, 0.1) is 0 Å². The molecule has 2 unspecified atom stereocenters. The predicted molar refractivity (Wildman–Crippen MR) is 77.6 cm³/mol. The largest absolute Gasteiger partial charge is 0.354 e. The molecule has 2 rings (SSSR count). The summed E-state index contributed by atoms with van der Waals surface area (Å²) in [6.45, 7) is 6.80. The minimum Gasteiger partial charge on any atom is -0.354 e. The highest BCUT2D eigenvalue weighted by Crippen LogP contribution is 2.22. The topological polar surface area (TPSA) is 17.0 Å². The van der Waals surface area contributed by atoms with Crippen LogP contribution in [-0.4, -0.2) is 10.6 Å². The van der Waals surface area contributed by atoms with Gasteiger partial charge in [-0.15, -0.1) is 0 Å². The maximum atomic E-state index is 3.74. The summed E-state index contributed by atoms with van der Waals surface area (Å²) in [5.74, 6) is 0.933. The Bertz CT molecular complexity index is 343. The second kappa shape index (κ2) is 6.98. The van der Waals surface area contributed by atoms with Gasteiger partial charge in [0.2, 0.25) is 0 Å². The van der Waals surface area contributed by atoms with E-state index < -0.39 is 0 Å². The zero-order valence-corrected chi connectivity index (χ0v) is 12.0. The lowest BCUT2D eigenvalue weighted by molar-refractivity contribution is 0.447. The molecule has 1 aromatic rings. The SMILES string of the molecule is CCCn1ccc(CNC2CCCC(C)CC2)c1. The summed E-state index contributed by atoms with van der Waals surface area (Å²) in [6.07, 6.45) is 12.6. The van der Waals surface area contributed by atoms with Crippen molar-refractivity contribution in [2.45, 2.75) is 71.5 Å². The molecule has 102 valence electrons. The number of aromatic nitrogens is 1. The van der Waals surface area contributed by atoms with E-state index in [1.54, 1.807) is 0 Å². The van der Waals surface area contributed by atoms with Crippen LogP contribution in [0.2, 0.25) is 0 Å². The molecule has 0 amide bonds. The van der Waals surface area contributed by atoms with Crippen LogP contribution in [0.5, 0.6) is 0 Å². The molecule has 1 saturated carbocycles. The normalized spacial score (nSPS) is 25.0. The van der Waals surface area contributed by atoms with Crippen molar-refractivity contribution in [2.24, 2.45) is 5.92 Å². The molecule has 2 nitrogen and oxygen atoms in total. The van der Waals surface area contributed by atoms with Crippen molar-refractivity contribution in [3.8, 4) is 0 Å². The molecule has 0 saturated heterocycles. The van der Waals surface area contributed by atoms with Crippen LogP contribution in [0.3, 0.4) is 0 Å². The second-order valence-electron chi connectivity index (χ2n) is 5.95. The molecule has 1 aliphatic rings. The standard InChI is InChI=1S/C16H28N2/c1-3-10-18-11-9-15(13-18)12-17-16-6-4-5-14(2)7-8-16/h9,11,13-14,16-17H,3-8,10,12H2,1-2H3. The summed E-state index contributed by atoms with van der Waals surface area (Å²) in [5, 5.41) is 3.74. The Morgan fingerprint density at radius 1 is 1.28 bits per heavy atom. The summed E-state index contributed by atoms with van der Waals surface area (Å²) in [6, 6.07) is 2.99. The van der Waals surface area contributed by atoms with Gasteiger partial charge in [0.1, 0.15) is 0 Å². The van der Waals surface area contributed by atoms with E-state index in [0.29, 0.717) is 0 Å². The average Bonchev–Trinajstić information content (AvgIpc) is 2.70. The van der Waals surface area contributed by atoms with Gasteiger partial charge in [0.15, 0.2) is 0 Å². The van der Waals surface area contributed by atoms with Crippen molar-refractivity contribution in [1.29, 1.82) is 0 Å². The molecular weight excluding hydrogens is 220 g/mol. The van der Waals surface area contributed by atoms with Crippen LogP contribution >= 0.6 is 0 Å². The van der Waals surface area contributed by atoms with E-state index in [4.69, 9.17) is 0 Å². The van der Waals surface area contributed by atoms with Crippen LogP contribution in [0.1, 0.15) is 57.9 Å². The Morgan fingerprint density at radius 3 is 3.00 bits per heavy atom. The lowest BCUT2D eigenvalue weighted by Crippen LogP contribution is -2.27. The quantitative estimate of drug-likeness (QED) is 0.781. The third-order valence-corrected chi connectivity index (χ3v) is 4.15. The number of nitrogens with one attached hydrogen (secondary N) is 1. The van der Waals surface area contributed by atoms with Crippen molar-refractivity contribution in [2.75, 3.05) is 0 Å². The first-order valence-corrected chi connectivity index (χ1v) is 7.66. The van der Waals surface area contributed by atoms with E-state index >= 15 is 0 Å². The first kappa shape index (κ1) is 13.7. The lowest BCUT2D eigenvalue weighted by atomic mass is 10.0. The van der Waals surface area contributed by atoms with Crippen LogP contribution in [0, 0.1) is 5.92 Å². The van der Waals surface area contributed by atoms with E-state index in [9.17, 15) is 0 Å². The van der Waals surface area contributed by atoms with Crippen LogP contribution in [0.25, 0.3) is 0 Å². The monoisotopic (exact) mass is 248 g/mol. The first-order chi connectivity index (χ1) is 8.78. The van der Waals surface area contributed by atoms with Crippen molar-refractivity contribution in [3.05, 3.63) is 24.0 Å². The summed E-state index contributed by atoms with van der Waals surface area (Å²) >= 11 is 0. The minimum absolute atomic E-state index is 0.740. The number of aryl methyl sites for hydroxylation is 1. The van der Waals surface area contributed by atoms with Gasteiger partial charge in [-0.2, -0.15) is 0 Å². The second-order valence-corrected chi connectivity index (χ2v) is 5.95. The predicted octanol–water partition coefficient (Wildman–Crippen LogP) is 3.96. The zero-order valence-electron chi connectivity index (χ0n) is 12.0. The zero-order chi connectivity index (χ0) is 12.8. The maximum absolute atomic E-state index is 3.74. The van der Waals surface area contributed by atoms with Crippen molar-refractivity contribution < 1.29 is 0 Å². The van der Waals surface area contributed by atoms with Crippen LogP contribution in [0.15, 0.2) is 18.5 Å². The fraction of sp³-hybridized carbons (Fsp3) is 0.750. The number of rotatable bonds is 5. The summed E-state index contributed by atoms with van der Waals surface area (Å²) < 4.78 is 2.30. The molecule has 0 bridgehead atoms. The Kier molecular flexibility index (Phi) is 5.30. The van der Waals surface area contributed by atoms with Crippen molar-refractivity contribution in [3.63, 3.8) is 0 Å². The van der Waals surface area contributed by atoms with E-state index in [1.807, 2.05) is 0 Å². The van der Waals surface area contributed by atoms with Crippen LogP contribution in [0.4, 0.5) is 0 Å². The Labute approximate surface area is 112 Å². The fourth-order valence-corrected chi connectivity index (χ4v) is 2.95. The van der Waals surface area contributed by atoms with Gasteiger partial charge in [-0.25, -0.2) is 0 Å². The highest BCUT2D eigenvalue weighted by atomic mass is 15.0.